The van der Waals surface area contributed by atoms with E-state index in [0.717, 1.165) is 12.1 Å². The van der Waals surface area contributed by atoms with Crippen LogP contribution >= 0.6 is 0 Å². The normalized spacial score (nSPS) is 17.7. The monoisotopic (exact) mass is 533 g/mol. The Kier molecular flexibility index (Phi) is 7.24. The van der Waals surface area contributed by atoms with Crippen LogP contribution in [-0.4, -0.2) is 101 Å². The van der Waals surface area contributed by atoms with E-state index >= 15 is 0 Å². The number of ether oxygens (including phenoxy) is 1. The van der Waals surface area contributed by atoms with Gasteiger partial charge in [0.2, 0.25) is 10.0 Å². The zero-order valence-corrected chi connectivity index (χ0v) is 20.6. The fourth-order valence-corrected chi connectivity index (χ4v) is 5.73. The maximum atomic E-state index is 13.6. The zero-order chi connectivity index (χ0) is 26.0. The lowest BCUT2D eigenvalue weighted by atomic mass is 10.2. The van der Waals surface area contributed by atoms with Gasteiger partial charge in [0.1, 0.15) is 0 Å². The van der Waals surface area contributed by atoms with Crippen LogP contribution in [0.1, 0.15) is 16.2 Å². The van der Waals surface area contributed by atoms with E-state index in [-0.39, 0.29) is 10.8 Å². The van der Waals surface area contributed by atoms with Gasteiger partial charge in [0, 0.05) is 50.9 Å². The van der Waals surface area contributed by atoms with Gasteiger partial charge in [-0.2, -0.15) is 8.99 Å². The molecule has 37 heavy (non-hydrogen) atoms. The molecule has 196 valence electrons. The van der Waals surface area contributed by atoms with Crippen LogP contribution in [0.5, 0.6) is 0 Å². The molecule has 0 spiro atoms. The third kappa shape index (κ3) is 5.37. The second-order valence-electron chi connectivity index (χ2n) is 8.71. The molecule has 0 radical (unpaired) electrons. The summed E-state index contributed by atoms with van der Waals surface area (Å²) in [7, 11) is -3.63. The molecule has 2 aliphatic rings. The number of tetrazole rings is 1. The van der Waals surface area contributed by atoms with Gasteiger partial charge in [0.15, 0.2) is 17.5 Å². The van der Waals surface area contributed by atoms with Crippen LogP contribution < -0.4 is 0 Å². The Morgan fingerprint density at radius 1 is 0.919 bits per heavy atom. The lowest BCUT2D eigenvalue weighted by Gasteiger charge is -2.34. The van der Waals surface area contributed by atoms with Gasteiger partial charge in [-0.25, -0.2) is 17.2 Å². The predicted molar refractivity (Wildman–Crippen MR) is 126 cm³/mol. The van der Waals surface area contributed by atoms with Crippen LogP contribution in [0.4, 0.5) is 8.78 Å². The van der Waals surface area contributed by atoms with Crippen LogP contribution in [0.3, 0.4) is 0 Å². The van der Waals surface area contributed by atoms with E-state index in [0.29, 0.717) is 76.1 Å². The van der Waals surface area contributed by atoms with Crippen molar-refractivity contribution in [3.63, 3.8) is 0 Å². The topological polar surface area (TPSA) is 114 Å². The highest BCUT2D eigenvalue weighted by molar-refractivity contribution is 7.89. The van der Waals surface area contributed by atoms with Crippen LogP contribution in [0.25, 0.3) is 5.69 Å². The smallest absolute Gasteiger partial charge is 0.253 e. The van der Waals surface area contributed by atoms with Crippen molar-refractivity contribution in [2.45, 2.75) is 11.4 Å². The Morgan fingerprint density at radius 2 is 1.62 bits per heavy atom. The maximum Gasteiger partial charge on any atom is 0.253 e. The minimum atomic E-state index is -3.63. The van der Waals surface area contributed by atoms with E-state index in [2.05, 4.69) is 20.4 Å². The van der Waals surface area contributed by atoms with E-state index < -0.39 is 21.7 Å². The number of carbonyl (C=O) groups is 1. The highest BCUT2D eigenvalue weighted by atomic mass is 32.2. The SMILES string of the molecule is O=C(c1ccc(S(=O)(=O)N2CCOCC2)cc1)N1CCN(Cc2nnnn2-c2ccc(F)c(F)c2)CC1. The first-order valence-electron chi connectivity index (χ1n) is 11.8. The minimum absolute atomic E-state index is 0.148. The van der Waals surface area contributed by atoms with Crippen molar-refractivity contribution in [1.82, 2.24) is 34.3 Å². The molecule has 2 fully saturated rings. The van der Waals surface area contributed by atoms with Gasteiger partial charge in [-0.1, -0.05) is 0 Å². The molecule has 0 atom stereocenters. The Bertz CT molecular complexity index is 1370. The number of benzene rings is 2. The minimum Gasteiger partial charge on any atom is -0.379 e. The third-order valence-electron chi connectivity index (χ3n) is 6.42. The molecule has 0 N–H and O–H groups in total. The first kappa shape index (κ1) is 25.3. The zero-order valence-electron chi connectivity index (χ0n) is 19.8. The predicted octanol–water partition coefficient (Wildman–Crippen LogP) is 0.919. The van der Waals surface area contributed by atoms with Crippen molar-refractivity contribution >= 4 is 15.9 Å². The van der Waals surface area contributed by atoms with Gasteiger partial charge in [-0.05, 0) is 46.8 Å². The average molecular weight is 534 g/mol. The second-order valence-corrected chi connectivity index (χ2v) is 10.7. The molecule has 11 nitrogen and oxygen atoms in total. The Labute approximate surface area is 212 Å². The molecule has 0 bridgehead atoms. The molecule has 3 aromatic rings. The van der Waals surface area contributed by atoms with Gasteiger partial charge < -0.3 is 9.64 Å². The maximum absolute atomic E-state index is 13.6. The second kappa shape index (κ2) is 10.6. The van der Waals surface area contributed by atoms with Gasteiger partial charge in [-0.15, -0.1) is 5.10 Å². The van der Waals surface area contributed by atoms with Gasteiger partial charge in [0.25, 0.3) is 5.91 Å². The number of morpholine rings is 1. The number of piperazine rings is 1. The van der Waals surface area contributed by atoms with E-state index in [9.17, 15) is 22.0 Å². The van der Waals surface area contributed by atoms with Gasteiger partial charge in [-0.3, -0.25) is 9.69 Å². The highest BCUT2D eigenvalue weighted by Crippen LogP contribution is 2.19. The van der Waals surface area contributed by atoms with Crippen molar-refractivity contribution in [2.75, 3.05) is 52.5 Å². The van der Waals surface area contributed by atoms with Crippen molar-refractivity contribution < 1.29 is 26.7 Å². The van der Waals surface area contributed by atoms with Crippen molar-refractivity contribution in [3.05, 3.63) is 65.5 Å². The molecule has 0 saturated carbocycles. The van der Waals surface area contributed by atoms with Crippen LogP contribution in [0.2, 0.25) is 0 Å². The first-order valence-corrected chi connectivity index (χ1v) is 13.2. The number of hydrogen-bond donors (Lipinski definition) is 0. The first-order chi connectivity index (χ1) is 17.8. The number of halogens is 2. The number of carbonyl (C=O) groups excluding carboxylic acids is 1. The molecule has 3 heterocycles. The molecule has 5 rings (SSSR count). The van der Waals surface area contributed by atoms with E-state index in [1.165, 1.54) is 39.3 Å². The molecule has 2 aliphatic heterocycles. The van der Waals surface area contributed by atoms with Crippen molar-refractivity contribution in [3.8, 4) is 5.69 Å². The number of nitrogens with zero attached hydrogens (tertiary/aromatic N) is 7. The third-order valence-corrected chi connectivity index (χ3v) is 8.33. The largest absolute Gasteiger partial charge is 0.379 e. The Hall–Kier alpha value is -3.33. The number of sulfonamides is 1. The molecule has 1 aromatic heterocycles. The summed E-state index contributed by atoms with van der Waals surface area (Å²) >= 11 is 0. The summed E-state index contributed by atoms with van der Waals surface area (Å²) in [6.45, 7) is 3.73. The standard InChI is InChI=1S/C23H25F2N7O4S/c24-20-6-3-18(15-21(20)25)32-22(26-27-28-32)16-29-7-9-30(10-8-29)23(33)17-1-4-19(5-2-17)37(34,35)31-11-13-36-14-12-31/h1-6,15H,7-14,16H2. The lowest BCUT2D eigenvalue weighted by Crippen LogP contribution is -2.48. The fourth-order valence-electron chi connectivity index (χ4n) is 4.32. The Balaban J connectivity index is 1.19. The summed E-state index contributed by atoms with van der Waals surface area (Å²) in [5, 5.41) is 11.5. The van der Waals surface area contributed by atoms with Gasteiger partial charge >= 0.3 is 0 Å². The highest BCUT2D eigenvalue weighted by Gasteiger charge is 2.28. The Morgan fingerprint density at radius 3 is 2.30 bits per heavy atom. The quantitative estimate of drug-likeness (QED) is 0.460. The average Bonchev–Trinajstić information content (AvgIpc) is 3.39. The summed E-state index contributed by atoms with van der Waals surface area (Å²) in [6.07, 6.45) is 0. The summed E-state index contributed by atoms with van der Waals surface area (Å²) in [5.41, 5.74) is 0.725. The lowest BCUT2D eigenvalue weighted by molar-refractivity contribution is 0.0624. The van der Waals surface area contributed by atoms with Gasteiger partial charge in [0.05, 0.1) is 30.3 Å². The molecule has 1 amide bonds. The van der Waals surface area contributed by atoms with E-state index in [1.807, 2.05) is 0 Å². The summed E-state index contributed by atoms with van der Waals surface area (Å²) in [4.78, 5) is 16.9. The van der Waals surface area contributed by atoms with Crippen LogP contribution in [0, 0.1) is 11.6 Å². The number of aromatic nitrogens is 4. The molecular formula is C23H25F2N7O4S. The summed E-state index contributed by atoms with van der Waals surface area (Å²) in [6, 6.07) is 9.45. The van der Waals surface area contributed by atoms with Crippen molar-refractivity contribution in [1.29, 1.82) is 0 Å². The number of rotatable bonds is 6. The molecule has 0 unspecified atom stereocenters. The fraction of sp³-hybridized carbons (Fsp3) is 0.391. The van der Waals surface area contributed by atoms with E-state index in [4.69, 9.17) is 4.74 Å². The van der Waals surface area contributed by atoms with E-state index in [1.54, 1.807) is 4.90 Å². The molecule has 2 saturated heterocycles. The number of hydrogen-bond acceptors (Lipinski definition) is 8. The summed E-state index contributed by atoms with van der Waals surface area (Å²) < 4.78 is 60.5. The van der Waals surface area contributed by atoms with Crippen molar-refractivity contribution in [2.24, 2.45) is 0 Å². The molecule has 14 heteroatoms. The number of amides is 1. The molecule has 2 aromatic carbocycles. The molecule has 0 aliphatic carbocycles. The van der Waals surface area contributed by atoms with Crippen LogP contribution in [0.15, 0.2) is 47.4 Å². The van der Waals surface area contributed by atoms with Crippen LogP contribution in [-0.2, 0) is 21.3 Å². The molecular weight excluding hydrogens is 508 g/mol. The summed E-state index contributed by atoms with van der Waals surface area (Å²) in [5.74, 6) is -1.66.